The summed E-state index contributed by atoms with van der Waals surface area (Å²) < 4.78 is 0. The summed E-state index contributed by atoms with van der Waals surface area (Å²) >= 11 is 0. The molecule has 2 nitrogen and oxygen atoms in total. The summed E-state index contributed by atoms with van der Waals surface area (Å²) in [6.45, 7) is 0. The molecule has 0 aliphatic carbocycles. The van der Waals surface area contributed by atoms with E-state index in [0.29, 0.717) is 0 Å². The summed E-state index contributed by atoms with van der Waals surface area (Å²) in [6, 6.07) is 0. The monoisotopic (exact) mass is 224 g/mol. The van der Waals surface area contributed by atoms with Crippen LogP contribution in [0.4, 0.5) is 0 Å². The molecule has 0 aromatic heterocycles. The average molecular weight is 223 g/mol. The maximum absolute atomic E-state index is 0. The van der Waals surface area contributed by atoms with Gasteiger partial charge in [0.2, 0.25) is 0 Å². The zero-order valence-corrected chi connectivity index (χ0v) is 3.06. The number of rotatable bonds is 0. The predicted octanol–water partition coefficient (Wildman–Crippen LogP) is -2.57. The standard InChI is InChI=1S/Ba.2H2O.Ti.2H/h;2*1H2;;;. The molecule has 0 aliphatic heterocycles. The first-order valence-electron chi connectivity index (χ1n) is 0. The van der Waals surface area contributed by atoms with Gasteiger partial charge in [-0.05, 0) is 0 Å². The van der Waals surface area contributed by atoms with Gasteiger partial charge in [0.1, 0.15) is 0 Å². The van der Waals surface area contributed by atoms with Crippen LogP contribution >= 0.6 is 0 Å². The van der Waals surface area contributed by atoms with Crippen molar-refractivity contribution in [2.24, 2.45) is 0 Å². The van der Waals surface area contributed by atoms with Gasteiger partial charge in [-0.2, -0.15) is 0 Å². The van der Waals surface area contributed by atoms with E-state index in [1.54, 1.807) is 0 Å². The smallest absolute Gasteiger partial charge is 0 e. The summed E-state index contributed by atoms with van der Waals surface area (Å²) in [5.41, 5.74) is 0. The predicted molar refractivity (Wildman–Crippen MR) is 15.8 cm³/mol. The van der Waals surface area contributed by atoms with Gasteiger partial charge < -0.3 is 11.0 Å². The molecule has 4 N–H and O–H groups in total. The van der Waals surface area contributed by atoms with E-state index in [2.05, 4.69) is 0 Å². The summed E-state index contributed by atoms with van der Waals surface area (Å²) in [5, 5.41) is 0. The van der Waals surface area contributed by atoms with Crippen LogP contribution in [0.2, 0.25) is 0 Å². The van der Waals surface area contributed by atoms with Crippen LogP contribution in [0.15, 0.2) is 0 Å². The summed E-state index contributed by atoms with van der Waals surface area (Å²) in [6.07, 6.45) is 0. The summed E-state index contributed by atoms with van der Waals surface area (Å²) in [4.78, 5) is 0. The van der Waals surface area contributed by atoms with Crippen molar-refractivity contribution in [3.05, 3.63) is 0 Å². The van der Waals surface area contributed by atoms with Gasteiger partial charge >= 0.3 is 48.9 Å². The van der Waals surface area contributed by atoms with E-state index in [0.717, 1.165) is 0 Å². The van der Waals surface area contributed by atoms with E-state index < -0.39 is 0 Å². The van der Waals surface area contributed by atoms with E-state index in [4.69, 9.17) is 0 Å². The fourth-order valence-electron chi connectivity index (χ4n) is 0. The minimum absolute atomic E-state index is 0. The molecule has 0 saturated carbocycles. The largest absolute Gasteiger partial charge is 0 e. The molecule has 0 fully saturated rings. The Morgan fingerprint density at radius 2 is 0.750 bits per heavy atom. The minimum atomic E-state index is 0. The van der Waals surface area contributed by atoms with Crippen LogP contribution in [-0.4, -0.2) is 59.8 Å². The fraction of sp³-hybridized carbons (Fsp3) is 0. The third-order valence-corrected chi connectivity index (χ3v) is 0. The van der Waals surface area contributed by atoms with Gasteiger partial charge in [0.15, 0.2) is 0 Å². The number of hydrogen-bond acceptors (Lipinski definition) is 0. The zero-order valence-electron chi connectivity index (χ0n) is 1.50. The summed E-state index contributed by atoms with van der Waals surface area (Å²) in [7, 11) is 0. The Labute approximate surface area is 79.9 Å². The summed E-state index contributed by atoms with van der Waals surface area (Å²) in [5.74, 6) is 0. The van der Waals surface area contributed by atoms with Crippen molar-refractivity contribution in [3.63, 3.8) is 0 Å². The van der Waals surface area contributed by atoms with Gasteiger partial charge in [-0.25, -0.2) is 0 Å². The van der Waals surface area contributed by atoms with Crippen LogP contribution in [-0.2, 0) is 21.7 Å². The molecule has 0 radical (unpaired) electrons. The topological polar surface area (TPSA) is 63.0 Å². The second kappa shape index (κ2) is 18.9. The van der Waals surface area contributed by atoms with E-state index >= 15 is 0 Å². The molecule has 0 bridgehead atoms. The molecular formula is H6BaO2Ti. The first-order valence-corrected chi connectivity index (χ1v) is 0. The van der Waals surface area contributed by atoms with Crippen molar-refractivity contribution in [1.82, 2.24) is 0 Å². The van der Waals surface area contributed by atoms with Crippen LogP contribution in [0.5, 0.6) is 0 Å². The molecular weight excluding hydrogens is 217 g/mol. The maximum Gasteiger partial charge on any atom is 0 e. The minimum Gasteiger partial charge on any atom is 0 e. The van der Waals surface area contributed by atoms with Crippen molar-refractivity contribution >= 4 is 48.9 Å². The molecule has 0 aromatic rings. The molecule has 0 aromatic carbocycles. The second-order valence-corrected chi connectivity index (χ2v) is 0. The van der Waals surface area contributed by atoms with Crippen molar-refractivity contribution in [2.75, 3.05) is 0 Å². The number of hydrogen-bond donors (Lipinski definition) is 0. The third kappa shape index (κ3) is 8.88. The van der Waals surface area contributed by atoms with E-state index in [-0.39, 0.29) is 81.6 Å². The Balaban J connectivity index is 0. The quantitative estimate of drug-likeness (QED) is 0.405. The van der Waals surface area contributed by atoms with Gasteiger partial charge in [-0.3, -0.25) is 0 Å². The van der Waals surface area contributed by atoms with E-state index in [1.807, 2.05) is 0 Å². The molecule has 24 valence electrons. The molecule has 4 heavy (non-hydrogen) atoms. The normalized spacial score (nSPS) is 0. The molecule has 4 heteroatoms. The van der Waals surface area contributed by atoms with Gasteiger partial charge in [0.25, 0.3) is 0 Å². The Bertz CT molecular complexity index is 6.00. The van der Waals surface area contributed by atoms with Crippen LogP contribution < -0.4 is 0 Å². The molecule has 0 heterocycles. The second-order valence-electron chi connectivity index (χ2n) is 0. The molecule has 0 atom stereocenters. The Hall–Kier alpha value is 2.21. The van der Waals surface area contributed by atoms with E-state index in [1.165, 1.54) is 0 Å². The molecule has 0 rings (SSSR count). The van der Waals surface area contributed by atoms with Gasteiger partial charge in [0, 0.05) is 21.7 Å². The van der Waals surface area contributed by atoms with Crippen molar-refractivity contribution in [1.29, 1.82) is 0 Å². The third-order valence-electron chi connectivity index (χ3n) is 0. The Kier molecular flexibility index (Phi) is 164. The van der Waals surface area contributed by atoms with Crippen molar-refractivity contribution < 1.29 is 32.7 Å². The molecule has 0 amide bonds. The molecule has 0 aliphatic rings. The first-order chi connectivity index (χ1) is 0. The van der Waals surface area contributed by atoms with Crippen LogP contribution in [0.3, 0.4) is 0 Å². The Morgan fingerprint density at radius 3 is 0.750 bits per heavy atom. The van der Waals surface area contributed by atoms with Crippen LogP contribution in [0, 0.1) is 0 Å². The van der Waals surface area contributed by atoms with E-state index in [9.17, 15) is 0 Å². The SMILES string of the molecule is O.O.[BaH2].[Ti]. The average Bonchev–Trinajstić information content (AvgIpc) is 0. The van der Waals surface area contributed by atoms with Crippen molar-refractivity contribution in [3.8, 4) is 0 Å². The first kappa shape index (κ1) is 34.6. The van der Waals surface area contributed by atoms with Crippen LogP contribution in [0.1, 0.15) is 0 Å². The maximum atomic E-state index is 0. The van der Waals surface area contributed by atoms with Crippen molar-refractivity contribution in [2.45, 2.75) is 0 Å². The molecule has 0 unspecified atom stereocenters. The van der Waals surface area contributed by atoms with Gasteiger partial charge in [-0.1, -0.05) is 0 Å². The molecule has 0 saturated heterocycles. The van der Waals surface area contributed by atoms with Gasteiger partial charge in [0.05, 0.1) is 0 Å². The van der Waals surface area contributed by atoms with Crippen LogP contribution in [0.25, 0.3) is 0 Å². The fourth-order valence-corrected chi connectivity index (χ4v) is 0. The zero-order chi connectivity index (χ0) is 0. The Morgan fingerprint density at radius 1 is 0.750 bits per heavy atom. The molecule has 0 spiro atoms. The van der Waals surface area contributed by atoms with Gasteiger partial charge in [-0.15, -0.1) is 0 Å².